The molecule has 0 spiro atoms. The Morgan fingerprint density at radius 2 is 1.76 bits per heavy atom. The Labute approximate surface area is 222 Å². The van der Waals surface area contributed by atoms with Crippen LogP contribution in [0.4, 0.5) is 5.69 Å². The Bertz CT molecular complexity index is 1270. The molecule has 0 atom stereocenters. The Hall–Kier alpha value is -2.47. The molecule has 198 valence electrons. The quantitative estimate of drug-likeness (QED) is 0.429. The fourth-order valence-corrected chi connectivity index (χ4v) is 5.77. The van der Waals surface area contributed by atoms with Crippen molar-refractivity contribution in [1.29, 1.82) is 0 Å². The Kier molecular flexibility index (Phi) is 7.85. The third kappa shape index (κ3) is 6.17. The summed E-state index contributed by atoms with van der Waals surface area (Å²) in [6.45, 7) is 3.93. The van der Waals surface area contributed by atoms with Gasteiger partial charge in [0.2, 0.25) is 15.8 Å². The Morgan fingerprint density at radius 3 is 2.38 bits per heavy atom. The number of hydrogen-bond donors (Lipinski definition) is 0. The molecule has 0 radical (unpaired) electrons. The van der Waals surface area contributed by atoms with E-state index in [1.165, 1.54) is 10.6 Å². The van der Waals surface area contributed by atoms with E-state index >= 15 is 0 Å². The van der Waals surface area contributed by atoms with Gasteiger partial charge in [-0.1, -0.05) is 41.9 Å². The van der Waals surface area contributed by atoms with E-state index < -0.39 is 15.8 Å². The van der Waals surface area contributed by atoms with Gasteiger partial charge in [-0.3, -0.25) is 0 Å². The van der Waals surface area contributed by atoms with Crippen molar-refractivity contribution in [2.24, 2.45) is 0 Å². The van der Waals surface area contributed by atoms with E-state index in [4.69, 9.17) is 25.8 Å². The minimum Gasteiger partial charge on any atom is -0.369 e. The third-order valence-corrected chi connectivity index (χ3v) is 8.37. The molecule has 0 N–H and O–H groups in total. The zero-order valence-corrected chi connectivity index (χ0v) is 22.3. The minimum absolute atomic E-state index is 0.220. The molecular formula is C26H31ClN4O5S. The van der Waals surface area contributed by atoms with Crippen molar-refractivity contribution < 1.29 is 22.6 Å². The molecule has 2 saturated heterocycles. The lowest BCUT2D eigenvalue weighted by Crippen LogP contribution is -2.48. The molecule has 0 bridgehead atoms. The summed E-state index contributed by atoms with van der Waals surface area (Å²) in [5, 5.41) is 0.583. The van der Waals surface area contributed by atoms with Crippen LogP contribution in [0, 0.1) is 0 Å². The van der Waals surface area contributed by atoms with Gasteiger partial charge in [0, 0.05) is 54.8 Å². The summed E-state index contributed by atoms with van der Waals surface area (Å²) in [7, 11) is -3.14. The van der Waals surface area contributed by atoms with Crippen LogP contribution >= 0.6 is 11.6 Å². The maximum atomic E-state index is 11.7. The van der Waals surface area contributed by atoms with Crippen LogP contribution in [0.25, 0.3) is 0 Å². The smallest absolute Gasteiger partial charge is 0.215 e. The number of sulfonamides is 1. The zero-order chi connectivity index (χ0) is 25.9. The summed E-state index contributed by atoms with van der Waals surface area (Å²) in [6.07, 6.45) is 6.35. The first-order chi connectivity index (χ1) is 17.8. The summed E-state index contributed by atoms with van der Waals surface area (Å²) in [5.74, 6) is -1.03. The molecule has 1 aromatic heterocycles. The SMILES string of the molecule is CS(=O)(=O)N1CCN(c2ccc(COC3COC(Cn4ccnc4)(c4ccccc4Cl)OC3)cc2)CC1. The molecular weight excluding hydrogens is 516 g/mol. The largest absolute Gasteiger partial charge is 0.369 e. The Morgan fingerprint density at radius 1 is 1.05 bits per heavy atom. The normalized spacial score (nSPS) is 23.3. The molecule has 0 aliphatic carbocycles. The van der Waals surface area contributed by atoms with E-state index in [-0.39, 0.29) is 6.10 Å². The number of halogens is 1. The van der Waals surface area contributed by atoms with E-state index in [1.54, 1.807) is 12.5 Å². The standard InChI is InChI=1S/C26H31ClN4O5S/c1-37(32,33)31-14-12-30(13-15-31)22-8-6-21(7-9-22)16-34-23-17-35-26(36-18-23,19-29-11-10-28-20-29)24-4-2-3-5-25(24)27/h2-11,20,23H,12-19H2,1H3. The minimum atomic E-state index is -3.14. The number of piperazine rings is 1. The van der Waals surface area contributed by atoms with Crippen molar-refractivity contribution in [3.8, 4) is 0 Å². The molecule has 2 aliphatic rings. The van der Waals surface area contributed by atoms with Crippen LogP contribution in [0.2, 0.25) is 5.02 Å². The number of aromatic nitrogens is 2. The van der Waals surface area contributed by atoms with E-state index in [0.717, 1.165) is 16.8 Å². The molecule has 11 heteroatoms. The molecule has 5 rings (SSSR count). The Balaban J connectivity index is 1.16. The number of nitrogens with zero attached hydrogens (tertiary/aromatic N) is 4. The maximum Gasteiger partial charge on any atom is 0.215 e. The van der Waals surface area contributed by atoms with E-state index in [2.05, 4.69) is 22.0 Å². The molecule has 9 nitrogen and oxygen atoms in total. The molecule has 37 heavy (non-hydrogen) atoms. The van der Waals surface area contributed by atoms with E-state index in [1.807, 2.05) is 47.2 Å². The van der Waals surface area contributed by atoms with E-state index in [9.17, 15) is 8.42 Å². The van der Waals surface area contributed by atoms with Gasteiger partial charge in [0.05, 0.1) is 38.9 Å². The predicted molar refractivity (Wildman–Crippen MR) is 141 cm³/mol. The van der Waals surface area contributed by atoms with Crippen molar-refractivity contribution in [1.82, 2.24) is 13.9 Å². The third-order valence-electron chi connectivity index (χ3n) is 6.73. The fourth-order valence-electron chi connectivity index (χ4n) is 4.66. The number of rotatable bonds is 8. The van der Waals surface area contributed by atoms with Gasteiger partial charge in [-0.05, 0) is 23.8 Å². The van der Waals surface area contributed by atoms with Crippen molar-refractivity contribution in [3.63, 3.8) is 0 Å². The summed E-state index contributed by atoms with van der Waals surface area (Å²) >= 11 is 6.51. The van der Waals surface area contributed by atoms with Crippen molar-refractivity contribution in [2.75, 3.05) is 50.5 Å². The summed E-state index contributed by atoms with van der Waals surface area (Å²) < 4.78 is 45.6. The lowest BCUT2D eigenvalue weighted by molar-refractivity contribution is -0.313. The number of imidazole rings is 1. The van der Waals surface area contributed by atoms with Crippen molar-refractivity contribution >= 4 is 27.3 Å². The van der Waals surface area contributed by atoms with Gasteiger partial charge in [-0.25, -0.2) is 13.4 Å². The number of anilines is 1. The molecule has 3 heterocycles. The number of hydrogen-bond acceptors (Lipinski definition) is 7. The maximum absolute atomic E-state index is 11.7. The highest BCUT2D eigenvalue weighted by molar-refractivity contribution is 7.88. The second-order valence-electron chi connectivity index (χ2n) is 9.34. The van der Waals surface area contributed by atoms with Gasteiger partial charge in [-0.15, -0.1) is 0 Å². The summed E-state index contributed by atoms with van der Waals surface area (Å²) in [4.78, 5) is 6.32. The van der Waals surface area contributed by atoms with Gasteiger partial charge >= 0.3 is 0 Å². The van der Waals surface area contributed by atoms with E-state index in [0.29, 0.717) is 57.6 Å². The highest BCUT2D eigenvalue weighted by Gasteiger charge is 2.41. The lowest BCUT2D eigenvalue weighted by atomic mass is 10.0. The molecule has 0 amide bonds. The first-order valence-corrected chi connectivity index (χ1v) is 14.4. The van der Waals surface area contributed by atoms with Gasteiger partial charge in [0.1, 0.15) is 6.10 Å². The fraction of sp³-hybridized carbons (Fsp3) is 0.423. The summed E-state index contributed by atoms with van der Waals surface area (Å²) in [5.41, 5.74) is 2.89. The van der Waals surface area contributed by atoms with Gasteiger partial charge in [-0.2, -0.15) is 4.31 Å². The first-order valence-electron chi connectivity index (χ1n) is 12.2. The molecule has 0 saturated carbocycles. The lowest BCUT2D eigenvalue weighted by Gasteiger charge is -2.40. The van der Waals surface area contributed by atoms with Gasteiger partial charge < -0.3 is 23.7 Å². The van der Waals surface area contributed by atoms with Crippen LogP contribution in [-0.4, -0.2) is 74.0 Å². The molecule has 2 fully saturated rings. The average molecular weight is 547 g/mol. The second-order valence-corrected chi connectivity index (χ2v) is 11.7. The van der Waals surface area contributed by atoms with Crippen molar-refractivity contribution in [3.05, 3.63) is 83.4 Å². The average Bonchev–Trinajstić information content (AvgIpc) is 3.41. The molecule has 2 aromatic carbocycles. The van der Waals surface area contributed by atoms with Gasteiger partial charge in [0.15, 0.2) is 0 Å². The highest BCUT2D eigenvalue weighted by atomic mass is 35.5. The number of benzene rings is 2. The van der Waals surface area contributed by atoms with Crippen LogP contribution in [0.15, 0.2) is 67.3 Å². The van der Waals surface area contributed by atoms with Gasteiger partial charge in [0.25, 0.3) is 0 Å². The second kappa shape index (κ2) is 11.1. The zero-order valence-electron chi connectivity index (χ0n) is 20.7. The molecule has 2 aliphatic heterocycles. The predicted octanol–water partition coefficient (Wildman–Crippen LogP) is 3.10. The monoisotopic (exact) mass is 546 g/mol. The molecule has 0 unspecified atom stereocenters. The van der Waals surface area contributed by atoms with Crippen LogP contribution in [0.5, 0.6) is 0 Å². The van der Waals surface area contributed by atoms with Crippen LogP contribution < -0.4 is 4.90 Å². The number of ether oxygens (including phenoxy) is 3. The molecule has 3 aromatic rings. The first kappa shape index (κ1) is 26.1. The summed E-state index contributed by atoms with van der Waals surface area (Å²) in [6, 6.07) is 15.7. The van der Waals surface area contributed by atoms with Crippen LogP contribution in [-0.2, 0) is 43.2 Å². The highest BCUT2D eigenvalue weighted by Crippen LogP contribution is 2.37. The topological polar surface area (TPSA) is 86.1 Å². The van der Waals surface area contributed by atoms with Crippen LogP contribution in [0.1, 0.15) is 11.1 Å². The van der Waals surface area contributed by atoms with Crippen LogP contribution in [0.3, 0.4) is 0 Å². The van der Waals surface area contributed by atoms with Crippen molar-refractivity contribution in [2.45, 2.75) is 25.0 Å².